The lowest BCUT2D eigenvalue weighted by atomic mass is 10.0. The highest BCUT2D eigenvalue weighted by Gasteiger charge is 2.36. The van der Waals surface area contributed by atoms with Crippen LogP contribution in [0, 0.1) is 6.92 Å². The molecule has 0 radical (unpaired) electrons. The van der Waals surface area contributed by atoms with Crippen LogP contribution in [-0.4, -0.2) is 27.2 Å². The molecule has 0 aromatic heterocycles. The van der Waals surface area contributed by atoms with Gasteiger partial charge in [0.05, 0.1) is 26.9 Å². The number of hydrogen-bond donors (Lipinski definition) is 1. The van der Waals surface area contributed by atoms with Crippen LogP contribution in [0.2, 0.25) is 0 Å². The van der Waals surface area contributed by atoms with Crippen molar-refractivity contribution in [3.8, 4) is 17.2 Å². The average molecular weight is 404 g/mol. The number of carbonyl (C=O) groups excluding carboxylic acids is 1. The molecule has 1 N–H and O–H groups in total. The molecule has 0 saturated carbocycles. The largest absolute Gasteiger partial charge is 0.496 e. The number of rotatable bonds is 5. The molecule has 1 aliphatic rings. The second-order valence-electron chi connectivity index (χ2n) is 7.05. The lowest BCUT2D eigenvalue weighted by Crippen LogP contribution is -2.43. The zero-order valence-corrected chi connectivity index (χ0v) is 17.4. The fourth-order valence-corrected chi connectivity index (χ4v) is 3.71. The van der Waals surface area contributed by atoms with E-state index in [2.05, 4.69) is 5.32 Å². The number of aryl methyl sites for hydroxylation is 1. The second-order valence-corrected chi connectivity index (χ2v) is 7.05. The Labute approximate surface area is 176 Å². The first kappa shape index (κ1) is 19.6. The Morgan fingerprint density at radius 2 is 1.47 bits per heavy atom. The zero-order chi connectivity index (χ0) is 21.3. The minimum absolute atomic E-state index is 0.0879. The van der Waals surface area contributed by atoms with E-state index >= 15 is 0 Å². The number of benzene rings is 3. The number of amides is 1. The second kappa shape index (κ2) is 7.99. The molecule has 0 unspecified atom stereocenters. The third-order valence-electron chi connectivity index (χ3n) is 5.27. The molecule has 1 amide bonds. The van der Waals surface area contributed by atoms with E-state index in [0.29, 0.717) is 22.8 Å². The van der Waals surface area contributed by atoms with Crippen molar-refractivity contribution in [3.05, 3.63) is 77.4 Å². The van der Waals surface area contributed by atoms with Crippen LogP contribution in [0.1, 0.15) is 27.7 Å². The first-order chi connectivity index (χ1) is 14.6. The van der Waals surface area contributed by atoms with Gasteiger partial charge in [0.15, 0.2) is 11.5 Å². The fraction of sp³-hybridized carbons (Fsp3) is 0.208. The van der Waals surface area contributed by atoms with Crippen LogP contribution < -0.4 is 24.4 Å². The molecular weight excluding hydrogens is 380 g/mol. The summed E-state index contributed by atoms with van der Waals surface area (Å²) in [6.45, 7) is 2.02. The van der Waals surface area contributed by atoms with Crippen LogP contribution in [0.3, 0.4) is 0 Å². The van der Waals surface area contributed by atoms with Crippen molar-refractivity contribution in [2.24, 2.45) is 0 Å². The van der Waals surface area contributed by atoms with E-state index in [0.717, 1.165) is 22.5 Å². The Morgan fingerprint density at radius 3 is 2.13 bits per heavy atom. The van der Waals surface area contributed by atoms with E-state index in [-0.39, 0.29) is 5.91 Å². The summed E-state index contributed by atoms with van der Waals surface area (Å²) >= 11 is 0. The van der Waals surface area contributed by atoms with Gasteiger partial charge in [-0.05, 0) is 37.3 Å². The molecule has 3 aromatic carbocycles. The Kier molecular flexibility index (Phi) is 5.23. The monoisotopic (exact) mass is 404 g/mol. The maximum Gasteiger partial charge on any atom is 0.262 e. The fourth-order valence-electron chi connectivity index (χ4n) is 3.71. The summed E-state index contributed by atoms with van der Waals surface area (Å²) < 4.78 is 16.6. The molecule has 1 aliphatic heterocycles. The first-order valence-electron chi connectivity index (χ1n) is 9.63. The summed E-state index contributed by atoms with van der Waals surface area (Å²) in [7, 11) is 4.76. The average Bonchev–Trinajstić information content (AvgIpc) is 2.79. The number of nitrogens with zero attached hydrogens (tertiary/aromatic N) is 1. The molecule has 0 fully saturated rings. The summed E-state index contributed by atoms with van der Waals surface area (Å²) in [6, 6.07) is 19.0. The molecule has 1 atom stereocenters. The van der Waals surface area contributed by atoms with Gasteiger partial charge < -0.3 is 19.5 Å². The summed E-state index contributed by atoms with van der Waals surface area (Å²) in [4.78, 5) is 15.3. The number of nitrogens with one attached hydrogen (secondary N) is 1. The van der Waals surface area contributed by atoms with Gasteiger partial charge in [0.2, 0.25) is 0 Å². The van der Waals surface area contributed by atoms with Crippen LogP contribution in [0.5, 0.6) is 17.2 Å². The number of para-hydroxylation sites is 1. The van der Waals surface area contributed by atoms with Gasteiger partial charge in [-0.1, -0.05) is 29.8 Å². The maximum absolute atomic E-state index is 13.6. The lowest BCUT2D eigenvalue weighted by molar-refractivity contribution is 0.0974. The van der Waals surface area contributed by atoms with Crippen molar-refractivity contribution in [3.63, 3.8) is 0 Å². The molecule has 0 bridgehead atoms. The summed E-state index contributed by atoms with van der Waals surface area (Å²) in [6.07, 6.45) is -0.495. The van der Waals surface area contributed by atoms with Gasteiger partial charge in [0.25, 0.3) is 5.91 Å². The summed E-state index contributed by atoms with van der Waals surface area (Å²) in [5, 5.41) is 3.50. The lowest BCUT2D eigenvalue weighted by Gasteiger charge is -2.38. The topological polar surface area (TPSA) is 60.0 Å². The van der Waals surface area contributed by atoms with Gasteiger partial charge in [0, 0.05) is 23.0 Å². The molecule has 0 spiro atoms. The third-order valence-corrected chi connectivity index (χ3v) is 5.27. The number of carbonyl (C=O) groups is 1. The number of methoxy groups -OCH3 is 3. The summed E-state index contributed by atoms with van der Waals surface area (Å²) in [5.41, 5.74) is 4.06. The molecule has 4 rings (SSSR count). The minimum atomic E-state index is -0.495. The van der Waals surface area contributed by atoms with Crippen LogP contribution >= 0.6 is 0 Å². The van der Waals surface area contributed by atoms with Crippen molar-refractivity contribution in [2.75, 3.05) is 31.5 Å². The SMILES string of the molecule is COc1cc(OC)c([C@H]2Nc3ccccc3C(=O)N2c2ccc(C)cc2)cc1OC. The predicted molar refractivity (Wildman–Crippen MR) is 117 cm³/mol. The highest BCUT2D eigenvalue weighted by atomic mass is 16.5. The number of ether oxygens (including phenoxy) is 3. The molecule has 0 aliphatic carbocycles. The van der Waals surface area contributed by atoms with E-state index in [4.69, 9.17) is 14.2 Å². The Bertz CT molecular complexity index is 1080. The van der Waals surface area contributed by atoms with Crippen molar-refractivity contribution in [2.45, 2.75) is 13.1 Å². The third kappa shape index (κ3) is 3.30. The maximum atomic E-state index is 13.6. The van der Waals surface area contributed by atoms with Gasteiger partial charge in [-0.15, -0.1) is 0 Å². The van der Waals surface area contributed by atoms with Crippen molar-refractivity contribution in [1.29, 1.82) is 0 Å². The van der Waals surface area contributed by atoms with Gasteiger partial charge in [-0.2, -0.15) is 0 Å². The normalized spacial score (nSPS) is 15.3. The quantitative estimate of drug-likeness (QED) is 0.662. The highest BCUT2D eigenvalue weighted by Crippen LogP contribution is 2.43. The molecule has 6 nitrogen and oxygen atoms in total. The van der Waals surface area contributed by atoms with Crippen LogP contribution in [0.25, 0.3) is 0 Å². The minimum Gasteiger partial charge on any atom is -0.496 e. The van der Waals surface area contributed by atoms with E-state index in [1.807, 2.05) is 61.5 Å². The number of fused-ring (bicyclic) bond motifs is 1. The van der Waals surface area contributed by atoms with Crippen molar-refractivity contribution < 1.29 is 19.0 Å². The van der Waals surface area contributed by atoms with Crippen molar-refractivity contribution >= 4 is 17.3 Å². The zero-order valence-electron chi connectivity index (χ0n) is 17.4. The smallest absolute Gasteiger partial charge is 0.262 e. The standard InChI is InChI=1S/C24H24N2O4/c1-15-9-11-16(12-10-15)26-23(25-19-8-6-5-7-17(19)24(26)27)18-13-21(29-3)22(30-4)14-20(18)28-2/h5-14,23,25H,1-4H3/t23-/m0/s1. The van der Waals surface area contributed by atoms with Crippen molar-refractivity contribution in [1.82, 2.24) is 0 Å². The van der Waals surface area contributed by atoms with Gasteiger partial charge in [0.1, 0.15) is 11.9 Å². The molecular formula is C24H24N2O4. The van der Waals surface area contributed by atoms with Crippen LogP contribution in [0.4, 0.5) is 11.4 Å². The van der Waals surface area contributed by atoms with Crippen LogP contribution in [-0.2, 0) is 0 Å². The first-order valence-corrected chi connectivity index (χ1v) is 9.63. The molecule has 0 saturated heterocycles. The van der Waals surface area contributed by atoms with E-state index < -0.39 is 6.17 Å². The Morgan fingerprint density at radius 1 is 0.833 bits per heavy atom. The number of hydrogen-bond acceptors (Lipinski definition) is 5. The molecule has 154 valence electrons. The highest BCUT2D eigenvalue weighted by molar-refractivity contribution is 6.12. The number of anilines is 2. The molecule has 1 heterocycles. The molecule has 30 heavy (non-hydrogen) atoms. The van der Waals surface area contributed by atoms with Crippen LogP contribution in [0.15, 0.2) is 60.7 Å². The van der Waals surface area contributed by atoms with Gasteiger partial charge in [-0.25, -0.2) is 0 Å². The van der Waals surface area contributed by atoms with E-state index in [1.165, 1.54) is 0 Å². The molecule has 3 aromatic rings. The Balaban J connectivity index is 1.91. The Hall–Kier alpha value is -3.67. The van der Waals surface area contributed by atoms with Gasteiger partial charge in [-0.3, -0.25) is 9.69 Å². The van der Waals surface area contributed by atoms with Gasteiger partial charge >= 0.3 is 0 Å². The summed E-state index contributed by atoms with van der Waals surface area (Å²) in [5.74, 6) is 1.62. The van der Waals surface area contributed by atoms with E-state index in [1.54, 1.807) is 32.3 Å². The van der Waals surface area contributed by atoms with E-state index in [9.17, 15) is 4.79 Å². The predicted octanol–water partition coefficient (Wildman–Crippen LogP) is 4.79. The molecule has 6 heteroatoms.